The molecule has 0 aromatic heterocycles. The second-order valence-corrected chi connectivity index (χ2v) is 7.89. The van der Waals surface area contributed by atoms with Crippen LogP contribution in [-0.2, 0) is 21.4 Å². The summed E-state index contributed by atoms with van der Waals surface area (Å²) in [6.07, 6.45) is 0. The van der Waals surface area contributed by atoms with Gasteiger partial charge in [-0.2, -0.15) is 4.72 Å². The van der Waals surface area contributed by atoms with Gasteiger partial charge >= 0.3 is 0 Å². The highest BCUT2D eigenvalue weighted by atomic mass is 32.2. The summed E-state index contributed by atoms with van der Waals surface area (Å²) in [7, 11) is -2.28. The Kier molecular flexibility index (Phi) is 6.39. The number of hydrogen-bond donors (Lipinski definition) is 2. The first-order chi connectivity index (χ1) is 12.2. The van der Waals surface area contributed by atoms with E-state index in [1.807, 2.05) is 31.2 Å². The smallest absolute Gasteiger partial charge is 0.241 e. The number of ether oxygens (including phenoxy) is 1. The van der Waals surface area contributed by atoms with Gasteiger partial charge in [-0.15, -0.1) is 0 Å². The van der Waals surface area contributed by atoms with Crippen molar-refractivity contribution in [3.05, 3.63) is 59.2 Å². The van der Waals surface area contributed by atoms with Gasteiger partial charge in [0.1, 0.15) is 5.75 Å². The maximum atomic E-state index is 12.5. The highest BCUT2D eigenvalue weighted by molar-refractivity contribution is 7.89. The van der Waals surface area contributed by atoms with Crippen LogP contribution in [0.3, 0.4) is 0 Å². The minimum atomic E-state index is -3.81. The summed E-state index contributed by atoms with van der Waals surface area (Å²) in [5.41, 5.74) is 2.78. The summed E-state index contributed by atoms with van der Waals surface area (Å²) in [5.74, 6) is 0.215. The number of sulfonamides is 1. The molecule has 0 aliphatic rings. The Labute approximate surface area is 154 Å². The quantitative estimate of drug-likeness (QED) is 0.777. The van der Waals surface area contributed by atoms with Gasteiger partial charge in [-0.05, 0) is 50.1 Å². The number of amides is 1. The number of benzene rings is 2. The number of carbonyl (C=O) groups is 1. The molecule has 2 N–H and O–H groups in total. The molecule has 2 aromatic carbocycles. The lowest BCUT2D eigenvalue weighted by molar-refractivity contribution is -0.122. The molecule has 0 saturated heterocycles. The van der Waals surface area contributed by atoms with E-state index in [0.29, 0.717) is 17.9 Å². The maximum absolute atomic E-state index is 12.5. The Bertz CT molecular complexity index is 877. The van der Waals surface area contributed by atoms with Crippen molar-refractivity contribution in [1.82, 2.24) is 10.0 Å². The fraction of sp³-hybridized carbons (Fsp3) is 0.316. The fourth-order valence-corrected chi connectivity index (χ4v) is 3.71. The van der Waals surface area contributed by atoms with Gasteiger partial charge in [-0.1, -0.05) is 29.8 Å². The first kappa shape index (κ1) is 19.9. The lowest BCUT2D eigenvalue weighted by Crippen LogP contribution is -2.44. The van der Waals surface area contributed by atoms with E-state index in [-0.39, 0.29) is 10.8 Å². The van der Waals surface area contributed by atoms with Gasteiger partial charge in [-0.25, -0.2) is 8.42 Å². The summed E-state index contributed by atoms with van der Waals surface area (Å²) >= 11 is 0. The average Bonchev–Trinajstić information content (AvgIpc) is 2.60. The first-order valence-electron chi connectivity index (χ1n) is 8.23. The molecule has 0 bridgehead atoms. The third kappa shape index (κ3) is 5.06. The molecule has 7 heteroatoms. The zero-order chi connectivity index (χ0) is 19.3. The maximum Gasteiger partial charge on any atom is 0.241 e. The van der Waals surface area contributed by atoms with Gasteiger partial charge in [-0.3, -0.25) is 4.79 Å². The van der Waals surface area contributed by atoms with Crippen LogP contribution in [0.4, 0.5) is 0 Å². The lowest BCUT2D eigenvalue weighted by atomic mass is 10.1. The second-order valence-electron chi connectivity index (χ2n) is 6.18. The van der Waals surface area contributed by atoms with Crippen LogP contribution < -0.4 is 14.8 Å². The third-order valence-electron chi connectivity index (χ3n) is 3.99. The summed E-state index contributed by atoms with van der Waals surface area (Å²) in [4.78, 5) is 12.3. The topological polar surface area (TPSA) is 84.5 Å². The van der Waals surface area contributed by atoms with Crippen LogP contribution >= 0.6 is 0 Å². The van der Waals surface area contributed by atoms with Crippen molar-refractivity contribution in [2.75, 3.05) is 7.11 Å². The molecular formula is C19H24N2O4S. The number of hydrogen-bond acceptors (Lipinski definition) is 4. The molecule has 0 aliphatic heterocycles. The summed E-state index contributed by atoms with van der Waals surface area (Å²) < 4.78 is 32.5. The number of carbonyl (C=O) groups excluding carboxylic acids is 1. The second kappa shape index (κ2) is 8.33. The molecule has 1 atom stereocenters. The van der Waals surface area contributed by atoms with E-state index in [4.69, 9.17) is 4.74 Å². The first-order valence-corrected chi connectivity index (χ1v) is 9.71. The summed E-state index contributed by atoms with van der Waals surface area (Å²) in [5, 5.41) is 2.74. The molecule has 0 aliphatic carbocycles. The Balaban J connectivity index is 2.00. The van der Waals surface area contributed by atoms with Crippen LogP contribution in [0.15, 0.2) is 47.4 Å². The highest BCUT2D eigenvalue weighted by Crippen LogP contribution is 2.21. The number of nitrogens with one attached hydrogen (secondary N) is 2. The number of aryl methyl sites for hydroxylation is 2. The third-order valence-corrected chi connectivity index (χ3v) is 5.53. The Morgan fingerprint density at radius 1 is 1.12 bits per heavy atom. The molecule has 2 aromatic rings. The molecule has 0 heterocycles. The molecule has 0 unspecified atom stereocenters. The minimum Gasteiger partial charge on any atom is -0.496 e. The van der Waals surface area contributed by atoms with Gasteiger partial charge < -0.3 is 10.1 Å². The minimum absolute atomic E-state index is 0.0917. The highest BCUT2D eigenvalue weighted by Gasteiger charge is 2.22. The Morgan fingerprint density at radius 3 is 2.35 bits per heavy atom. The van der Waals surface area contributed by atoms with Crippen molar-refractivity contribution in [3.63, 3.8) is 0 Å². The van der Waals surface area contributed by atoms with E-state index in [0.717, 1.165) is 11.1 Å². The Morgan fingerprint density at radius 2 is 1.77 bits per heavy atom. The molecule has 2 rings (SSSR count). The van der Waals surface area contributed by atoms with E-state index in [1.54, 1.807) is 13.0 Å². The number of rotatable bonds is 7. The molecule has 140 valence electrons. The van der Waals surface area contributed by atoms with Crippen molar-refractivity contribution in [3.8, 4) is 5.75 Å². The SMILES string of the molecule is COc1ccc(S(=O)(=O)N[C@H](C)C(=O)NCc2ccc(C)cc2)cc1C. The zero-order valence-corrected chi connectivity index (χ0v) is 16.2. The van der Waals surface area contributed by atoms with Crippen molar-refractivity contribution >= 4 is 15.9 Å². The molecule has 0 radical (unpaired) electrons. The summed E-state index contributed by atoms with van der Waals surface area (Å²) in [6, 6.07) is 11.4. The van der Waals surface area contributed by atoms with E-state index >= 15 is 0 Å². The van der Waals surface area contributed by atoms with E-state index < -0.39 is 16.1 Å². The van der Waals surface area contributed by atoms with Crippen molar-refractivity contribution in [2.24, 2.45) is 0 Å². The molecule has 0 saturated carbocycles. The van der Waals surface area contributed by atoms with Crippen molar-refractivity contribution in [2.45, 2.75) is 38.3 Å². The van der Waals surface area contributed by atoms with Crippen molar-refractivity contribution in [1.29, 1.82) is 0 Å². The molecular weight excluding hydrogens is 352 g/mol. The van der Waals surface area contributed by atoms with E-state index in [2.05, 4.69) is 10.0 Å². The van der Waals surface area contributed by atoms with Gasteiger partial charge in [0.2, 0.25) is 15.9 Å². The largest absolute Gasteiger partial charge is 0.496 e. The van der Waals surface area contributed by atoms with Gasteiger partial charge in [0.15, 0.2) is 0 Å². The summed E-state index contributed by atoms with van der Waals surface area (Å²) in [6.45, 7) is 5.60. The van der Waals surface area contributed by atoms with Gasteiger partial charge in [0.25, 0.3) is 0 Å². The Hall–Kier alpha value is -2.38. The molecule has 6 nitrogen and oxygen atoms in total. The molecule has 1 amide bonds. The molecule has 0 spiro atoms. The van der Waals surface area contributed by atoms with E-state index in [1.165, 1.54) is 26.2 Å². The molecule has 0 fully saturated rings. The van der Waals surface area contributed by atoms with Crippen LogP contribution in [-0.4, -0.2) is 27.5 Å². The monoisotopic (exact) mass is 376 g/mol. The predicted molar refractivity (Wildman–Crippen MR) is 101 cm³/mol. The average molecular weight is 376 g/mol. The van der Waals surface area contributed by atoms with Gasteiger partial charge in [0.05, 0.1) is 18.0 Å². The normalized spacial score (nSPS) is 12.5. The van der Waals surface area contributed by atoms with Crippen LogP contribution in [0.5, 0.6) is 5.75 Å². The number of methoxy groups -OCH3 is 1. The van der Waals surface area contributed by atoms with Crippen LogP contribution in [0, 0.1) is 13.8 Å². The fourth-order valence-electron chi connectivity index (χ4n) is 2.42. The predicted octanol–water partition coefficient (Wildman–Crippen LogP) is 2.30. The van der Waals surface area contributed by atoms with Crippen LogP contribution in [0.25, 0.3) is 0 Å². The van der Waals surface area contributed by atoms with Gasteiger partial charge in [0, 0.05) is 6.54 Å². The van der Waals surface area contributed by atoms with Crippen LogP contribution in [0.2, 0.25) is 0 Å². The van der Waals surface area contributed by atoms with Crippen LogP contribution in [0.1, 0.15) is 23.6 Å². The lowest BCUT2D eigenvalue weighted by Gasteiger charge is -2.15. The van der Waals surface area contributed by atoms with Crippen molar-refractivity contribution < 1.29 is 17.9 Å². The standard InChI is InChI=1S/C19H24N2O4S/c1-13-5-7-16(8-6-13)12-20-19(22)15(3)21-26(23,24)17-9-10-18(25-4)14(2)11-17/h5-11,15,21H,12H2,1-4H3,(H,20,22)/t15-/m1/s1. The molecule has 26 heavy (non-hydrogen) atoms. The zero-order valence-electron chi connectivity index (χ0n) is 15.4. The van der Waals surface area contributed by atoms with E-state index in [9.17, 15) is 13.2 Å².